The van der Waals surface area contributed by atoms with Crippen LogP contribution in [0.2, 0.25) is 0 Å². The molecule has 3 aromatic rings. The van der Waals surface area contributed by atoms with Crippen molar-refractivity contribution in [1.82, 2.24) is 15.3 Å². The molecule has 0 spiro atoms. The smallest absolute Gasteiger partial charge is 0.263 e. The van der Waals surface area contributed by atoms with Crippen molar-refractivity contribution in [1.29, 1.82) is 0 Å². The Bertz CT molecular complexity index is 861. The van der Waals surface area contributed by atoms with E-state index in [4.69, 9.17) is 4.74 Å². The first-order valence-corrected chi connectivity index (χ1v) is 9.27. The lowest BCUT2D eigenvalue weighted by molar-refractivity contribution is 0.0957. The second-order valence-corrected chi connectivity index (χ2v) is 7.03. The number of aryl methyl sites for hydroxylation is 2. The summed E-state index contributed by atoms with van der Waals surface area (Å²) in [4.78, 5) is 21.7. The van der Waals surface area contributed by atoms with E-state index < -0.39 is 0 Å². The zero-order valence-corrected chi connectivity index (χ0v) is 15.7. The van der Waals surface area contributed by atoms with E-state index in [0.29, 0.717) is 24.4 Å². The van der Waals surface area contributed by atoms with Gasteiger partial charge >= 0.3 is 0 Å². The summed E-state index contributed by atoms with van der Waals surface area (Å²) in [6.07, 6.45) is 2.46. The summed E-state index contributed by atoms with van der Waals surface area (Å²) < 4.78 is 5.74. The molecule has 0 fully saturated rings. The number of nitrogens with zero attached hydrogens (tertiary/aromatic N) is 2. The molecule has 1 N–H and O–H groups in total. The van der Waals surface area contributed by atoms with Gasteiger partial charge in [-0.1, -0.05) is 23.8 Å². The molecule has 2 aromatic heterocycles. The lowest BCUT2D eigenvalue weighted by Gasteiger charge is -2.04. The van der Waals surface area contributed by atoms with Crippen LogP contribution < -0.4 is 10.1 Å². The molecule has 0 saturated carbocycles. The van der Waals surface area contributed by atoms with Crippen LogP contribution in [0.25, 0.3) is 0 Å². The third kappa shape index (κ3) is 4.89. The second kappa shape index (κ2) is 8.58. The quantitative estimate of drug-likeness (QED) is 0.691. The largest absolute Gasteiger partial charge is 0.486 e. The van der Waals surface area contributed by atoms with Crippen LogP contribution in [0.1, 0.15) is 31.6 Å². The number of benzene rings is 1. The van der Waals surface area contributed by atoms with Gasteiger partial charge in [-0.05, 0) is 38.1 Å². The van der Waals surface area contributed by atoms with Gasteiger partial charge in [-0.3, -0.25) is 9.78 Å². The van der Waals surface area contributed by atoms with E-state index in [-0.39, 0.29) is 5.91 Å². The lowest BCUT2D eigenvalue weighted by Crippen LogP contribution is -2.25. The molecule has 0 unspecified atom stereocenters. The number of amides is 1. The molecule has 26 heavy (non-hydrogen) atoms. The molecule has 5 nitrogen and oxygen atoms in total. The fourth-order valence-corrected chi connectivity index (χ4v) is 3.33. The molecule has 2 heterocycles. The summed E-state index contributed by atoms with van der Waals surface area (Å²) in [7, 11) is 0. The van der Waals surface area contributed by atoms with E-state index in [1.165, 1.54) is 16.9 Å². The molecule has 6 heteroatoms. The Morgan fingerprint density at radius 3 is 2.69 bits per heavy atom. The van der Waals surface area contributed by atoms with E-state index in [0.717, 1.165) is 22.1 Å². The Morgan fingerprint density at radius 2 is 1.96 bits per heavy atom. The highest BCUT2D eigenvalue weighted by Crippen LogP contribution is 2.20. The van der Waals surface area contributed by atoms with Crippen molar-refractivity contribution >= 4 is 17.2 Å². The normalized spacial score (nSPS) is 10.5. The molecule has 0 atom stereocenters. The number of carbonyl (C=O) groups is 1. The standard InChI is InChI=1S/C20H21N3O2S/c1-14-6-8-17(9-7-14)25-13-18-23-15(2)19(26-18)20(24)22-12-10-16-5-3-4-11-21-16/h3-9,11H,10,12-13H2,1-2H3,(H,22,24). The van der Waals surface area contributed by atoms with Crippen LogP contribution in [0.4, 0.5) is 0 Å². The Hall–Kier alpha value is -2.73. The number of thiazole rings is 1. The molecule has 0 saturated heterocycles. The van der Waals surface area contributed by atoms with Gasteiger partial charge in [0, 0.05) is 24.9 Å². The Balaban J connectivity index is 1.53. The highest BCUT2D eigenvalue weighted by Gasteiger charge is 2.15. The van der Waals surface area contributed by atoms with E-state index in [9.17, 15) is 4.79 Å². The number of nitrogens with one attached hydrogen (secondary N) is 1. The van der Waals surface area contributed by atoms with Gasteiger partial charge in [-0.25, -0.2) is 4.98 Å². The number of rotatable bonds is 7. The van der Waals surface area contributed by atoms with Gasteiger partial charge in [0.25, 0.3) is 5.91 Å². The number of hydrogen-bond acceptors (Lipinski definition) is 5. The molecule has 0 bridgehead atoms. The molecule has 0 aliphatic carbocycles. The van der Waals surface area contributed by atoms with Gasteiger partial charge in [0.15, 0.2) is 0 Å². The fraction of sp³-hybridized carbons (Fsp3) is 0.250. The number of hydrogen-bond donors (Lipinski definition) is 1. The first-order chi connectivity index (χ1) is 12.6. The second-order valence-electron chi connectivity index (χ2n) is 5.95. The summed E-state index contributed by atoms with van der Waals surface area (Å²) in [5.41, 5.74) is 2.88. The molecule has 1 aromatic carbocycles. The number of ether oxygens (including phenoxy) is 1. The molecular formula is C20H21N3O2S. The van der Waals surface area contributed by atoms with E-state index in [1.807, 2.05) is 56.3 Å². The first-order valence-electron chi connectivity index (χ1n) is 8.45. The topological polar surface area (TPSA) is 64.1 Å². The molecule has 134 valence electrons. The third-order valence-electron chi connectivity index (χ3n) is 3.82. The van der Waals surface area contributed by atoms with Crippen molar-refractivity contribution < 1.29 is 9.53 Å². The zero-order chi connectivity index (χ0) is 18.4. The van der Waals surface area contributed by atoms with Gasteiger partial charge < -0.3 is 10.1 Å². The van der Waals surface area contributed by atoms with Crippen molar-refractivity contribution in [3.05, 3.63) is 75.5 Å². The Labute approximate surface area is 157 Å². The van der Waals surface area contributed by atoms with E-state index in [1.54, 1.807) is 6.20 Å². The molecule has 1 amide bonds. The van der Waals surface area contributed by atoms with Gasteiger partial charge in [0.05, 0.1) is 5.69 Å². The highest BCUT2D eigenvalue weighted by atomic mass is 32.1. The van der Waals surface area contributed by atoms with Gasteiger partial charge in [0.1, 0.15) is 22.2 Å². The third-order valence-corrected chi connectivity index (χ3v) is 4.95. The van der Waals surface area contributed by atoms with Crippen LogP contribution in [-0.2, 0) is 13.0 Å². The van der Waals surface area contributed by atoms with Crippen LogP contribution in [-0.4, -0.2) is 22.4 Å². The van der Waals surface area contributed by atoms with Gasteiger partial charge in [-0.2, -0.15) is 0 Å². The first kappa shape index (κ1) is 18.1. The van der Waals surface area contributed by atoms with Crippen LogP contribution in [0.5, 0.6) is 5.75 Å². The van der Waals surface area contributed by atoms with Crippen LogP contribution >= 0.6 is 11.3 Å². The number of carbonyl (C=O) groups excluding carboxylic acids is 1. The molecular weight excluding hydrogens is 346 g/mol. The van der Waals surface area contributed by atoms with Crippen LogP contribution in [0, 0.1) is 13.8 Å². The molecule has 3 rings (SSSR count). The maximum atomic E-state index is 12.4. The van der Waals surface area contributed by atoms with Gasteiger partial charge in [-0.15, -0.1) is 11.3 Å². The zero-order valence-electron chi connectivity index (χ0n) is 14.9. The van der Waals surface area contributed by atoms with Crippen molar-refractivity contribution in [2.75, 3.05) is 6.54 Å². The molecule has 0 aliphatic heterocycles. The van der Waals surface area contributed by atoms with Crippen LogP contribution in [0.15, 0.2) is 48.7 Å². The predicted molar refractivity (Wildman–Crippen MR) is 103 cm³/mol. The maximum absolute atomic E-state index is 12.4. The fourth-order valence-electron chi connectivity index (χ4n) is 2.43. The summed E-state index contributed by atoms with van der Waals surface area (Å²) in [5, 5.41) is 3.72. The van der Waals surface area contributed by atoms with Crippen molar-refractivity contribution in [2.45, 2.75) is 26.9 Å². The average Bonchev–Trinajstić information content (AvgIpc) is 3.03. The molecule has 0 aliphatic rings. The minimum Gasteiger partial charge on any atom is -0.486 e. The highest BCUT2D eigenvalue weighted by molar-refractivity contribution is 7.13. The average molecular weight is 367 g/mol. The predicted octanol–water partition coefficient (Wildman–Crippen LogP) is 3.71. The monoisotopic (exact) mass is 367 g/mol. The minimum atomic E-state index is -0.0995. The van der Waals surface area contributed by atoms with E-state index in [2.05, 4.69) is 15.3 Å². The Kier molecular flexibility index (Phi) is 5.96. The van der Waals surface area contributed by atoms with Gasteiger partial charge in [0.2, 0.25) is 0 Å². The minimum absolute atomic E-state index is 0.0995. The summed E-state index contributed by atoms with van der Waals surface area (Å²) in [6, 6.07) is 13.6. The lowest BCUT2D eigenvalue weighted by atomic mass is 10.2. The summed E-state index contributed by atoms with van der Waals surface area (Å²) >= 11 is 1.37. The van der Waals surface area contributed by atoms with Crippen molar-refractivity contribution in [3.8, 4) is 5.75 Å². The summed E-state index contributed by atoms with van der Waals surface area (Å²) in [6.45, 7) is 4.78. The number of aromatic nitrogens is 2. The Morgan fingerprint density at radius 1 is 1.15 bits per heavy atom. The SMILES string of the molecule is Cc1ccc(OCc2nc(C)c(C(=O)NCCc3ccccn3)s2)cc1. The molecule has 0 radical (unpaired) electrons. The maximum Gasteiger partial charge on any atom is 0.263 e. The van der Waals surface area contributed by atoms with Crippen molar-refractivity contribution in [2.24, 2.45) is 0 Å². The van der Waals surface area contributed by atoms with E-state index >= 15 is 0 Å². The number of pyridine rings is 1. The van der Waals surface area contributed by atoms with Crippen LogP contribution in [0.3, 0.4) is 0 Å². The summed E-state index contributed by atoms with van der Waals surface area (Å²) in [5.74, 6) is 0.697. The van der Waals surface area contributed by atoms with Crippen molar-refractivity contribution in [3.63, 3.8) is 0 Å².